The first kappa shape index (κ1) is 24.4. The van der Waals surface area contributed by atoms with E-state index in [1.54, 1.807) is 26.4 Å². The lowest BCUT2D eigenvalue weighted by Crippen LogP contribution is -2.03. The Hall–Kier alpha value is -3.72. The van der Waals surface area contributed by atoms with Gasteiger partial charge in [-0.05, 0) is 56.8 Å². The summed E-state index contributed by atoms with van der Waals surface area (Å²) < 4.78 is 14.8. The number of fused-ring (bicyclic) bond motifs is 1. The molecule has 35 heavy (non-hydrogen) atoms. The van der Waals surface area contributed by atoms with Crippen LogP contribution < -0.4 is 9.47 Å². The highest BCUT2D eigenvalue weighted by Gasteiger charge is 2.20. The van der Waals surface area contributed by atoms with Crippen LogP contribution in [0.1, 0.15) is 32.4 Å². The zero-order valence-electron chi connectivity index (χ0n) is 20.3. The van der Waals surface area contributed by atoms with Crippen molar-refractivity contribution in [2.75, 3.05) is 14.2 Å². The number of carbonyl (C=O) groups is 1. The van der Waals surface area contributed by atoms with Crippen molar-refractivity contribution in [1.82, 2.24) is 19.3 Å². The number of ether oxygens (including phenoxy) is 2. The highest BCUT2D eigenvalue weighted by Crippen LogP contribution is 2.35. The summed E-state index contributed by atoms with van der Waals surface area (Å²) >= 11 is 1.08. The number of benzene rings is 2. The Bertz CT molecular complexity index is 1380. The molecular weight excluding hydrogens is 464 g/mol. The van der Waals surface area contributed by atoms with Crippen molar-refractivity contribution >= 4 is 34.7 Å². The molecule has 0 aliphatic carbocycles. The van der Waals surface area contributed by atoms with Crippen LogP contribution in [0.5, 0.6) is 11.5 Å². The number of aromatic nitrogens is 4. The van der Waals surface area contributed by atoms with Gasteiger partial charge < -0.3 is 23.7 Å². The molecule has 0 radical (unpaired) electrons. The number of hydrogen-bond acceptors (Lipinski definition) is 6. The molecule has 0 fully saturated rings. The molecule has 0 atom stereocenters. The van der Waals surface area contributed by atoms with Crippen LogP contribution >= 0.6 is 11.8 Å². The van der Waals surface area contributed by atoms with Gasteiger partial charge in [-0.15, -0.1) is 10.2 Å². The fourth-order valence-corrected chi connectivity index (χ4v) is 4.83. The Morgan fingerprint density at radius 1 is 1.11 bits per heavy atom. The van der Waals surface area contributed by atoms with Gasteiger partial charge in [0.15, 0.2) is 11.0 Å². The van der Waals surface area contributed by atoms with Crippen LogP contribution in [-0.4, -0.2) is 44.6 Å². The fourth-order valence-electron chi connectivity index (χ4n) is 3.95. The second-order valence-corrected chi connectivity index (χ2v) is 9.18. The van der Waals surface area contributed by atoms with E-state index in [1.165, 1.54) is 0 Å². The summed E-state index contributed by atoms with van der Waals surface area (Å²) in [5.41, 5.74) is 2.68. The van der Waals surface area contributed by atoms with E-state index in [2.05, 4.69) is 28.6 Å². The highest BCUT2D eigenvalue weighted by molar-refractivity contribution is 8.04. The fraction of sp³-hybridized carbons (Fsp3) is 0.269. The third kappa shape index (κ3) is 4.90. The molecule has 2 aromatic carbocycles. The predicted molar refractivity (Wildman–Crippen MR) is 138 cm³/mol. The summed E-state index contributed by atoms with van der Waals surface area (Å²) in [6.07, 6.45) is 3.70. The number of hydrogen-bond donors (Lipinski definition) is 1. The number of carboxylic acid groups (broad SMARTS) is 1. The van der Waals surface area contributed by atoms with Crippen molar-refractivity contribution in [2.45, 2.75) is 38.5 Å². The summed E-state index contributed by atoms with van der Waals surface area (Å²) in [5, 5.41) is 20.2. The first-order valence-corrected chi connectivity index (χ1v) is 12.1. The lowest BCUT2D eigenvalue weighted by Gasteiger charge is -2.10. The molecule has 0 aliphatic rings. The molecule has 2 aromatic heterocycles. The van der Waals surface area contributed by atoms with Gasteiger partial charge in [0, 0.05) is 46.9 Å². The standard InChI is InChI=1S/C26H28N4O4S/c1-6-29-24(17-11-19(33-4)14-20(12-17)34-5)27-28-26(29)35-23(25(31)32)13-18-15-30(16(2)3)22-10-8-7-9-21(18)22/h7-16H,6H2,1-5H3,(H,31,32)/b23-13-. The van der Waals surface area contributed by atoms with Gasteiger partial charge in [0.05, 0.1) is 14.2 Å². The van der Waals surface area contributed by atoms with Crippen molar-refractivity contribution in [3.05, 3.63) is 59.1 Å². The second kappa shape index (κ2) is 10.3. The van der Waals surface area contributed by atoms with Crippen molar-refractivity contribution in [1.29, 1.82) is 0 Å². The summed E-state index contributed by atoms with van der Waals surface area (Å²) in [7, 11) is 3.18. The van der Waals surface area contributed by atoms with Crippen LogP contribution in [0.15, 0.2) is 58.7 Å². The van der Waals surface area contributed by atoms with Gasteiger partial charge in [0.2, 0.25) is 0 Å². The Labute approximate surface area is 208 Å². The number of methoxy groups -OCH3 is 2. The van der Waals surface area contributed by atoms with Crippen molar-refractivity contribution in [2.24, 2.45) is 0 Å². The van der Waals surface area contributed by atoms with Crippen LogP contribution in [-0.2, 0) is 11.3 Å². The average molecular weight is 493 g/mol. The number of nitrogens with zero attached hydrogens (tertiary/aromatic N) is 4. The maximum absolute atomic E-state index is 12.2. The molecule has 1 N–H and O–H groups in total. The van der Waals surface area contributed by atoms with Crippen LogP contribution in [0.4, 0.5) is 0 Å². The quantitative estimate of drug-likeness (QED) is 0.235. The lowest BCUT2D eigenvalue weighted by atomic mass is 10.1. The van der Waals surface area contributed by atoms with Crippen LogP contribution in [0.2, 0.25) is 0 Å². The molecule has 8 nitrogen and oxygen atoms in total. The topological polar surface area (TPSA) is 91.4 Å². The minimum atomic E-state index is -1.02. The smallest absolute Gasteiger partial charge is 0.342 e. The molecule has 9 heteroatoms. The monoisotopic (exact) mass is 492 g/mol. The van der Waals surface area contributed by atoms with Gasteiger partial charge in [0.1, 0.15) is 16.4 Å². The normalized spacial score (nSPS) is 11.9. The number of para-hydroxylation sites is 1. The van der Waals surface area contributed by atoms with E-state index >= 15 is 0 Å². The SMILES string of the molecule is CCn1c(S/C(=C\c2cn(C(C)C)c3ccccc23)C(=O)O)nnc1-c1cc(OC)cc(OC)c1. The largest absolute Gasteiger partial charge is 0.497 e. The van der Waals surface area contributed by atoms with Crippen molar-refractivity contribution in [3.63, 3.8) is 0 Å². The van der Waals surface area contributed by atoms with E-state index in [0.29, 0.717) is 29.0 Å². The van der Waals surface area contributed by atoms with Crippen molar-refractivity contribution in [3.8, 4) is 22.9 Å². The zero-order valence-corrected chi connectivity index (χ0v) is 21.2. The van der Waals surface area contributed by atoms with Crippen LogP contribution in [0.25, 0.3) is 28.4 Å². The molecule has 2 heterocycles. The molecule has 4 aromatic rings. The molecular formula is C26H28N4O4S. The summed E-state index contributed by atoms with van der Waals surface area (Å²) in [6.45, 7) is 6.73. The van der Waals surface area contributed by atoms with E-state index < -0.39 is 5.97 Å². The predicted octanol–water partition coefficient (Wildman–Crippen LogP) is 5.74. The van der Waals surface area contributed by atoms with Crippen molar-refractivity contribution < 1.29 is 19.4 Å². The minimum absolute atomic E-state index is 0.161. The van der Waals surface area contributed by atoms with E-state index in [4.69, 9.17) is 9.47 Å². The number of carboxylic acids is 1. The molecule has 0 amide bonds. The van der Waals surface area contributed by atoms with Gasteiger partial charge in [0.25, 0.3) is 0 Å². The number of rotatable bonds is 9. The van der Waals surface area contributed by atoms with Crippen LogP contribution in [0, 0.1) is 0 Å². The summed E-state index contributed by atoms with van der Waals surface area (Å²) in [5.74, 6) is 0.846. The van der Waals surface area contributed by atoms with E-state index in [-0.39, 0.29) is 10.9 Å². The highest BCUT2D eigenvalue weighted by atomic mass is 32.2. The summed E-state index contributed by atoms with van der Waals surface area (Å²) in [4.78, 5) is 12.4. The lowest BCUT2D eigenvalue weighted by molar-refractivity contribution is -0.131. The minimum Gasteiger partial charge on any atom is -0.497 e. The van der Waals surface area contributed by atoms with E-state index in [1.807, 2.05) is 54.1 Å². The molecule has 0 aliphatic heterocycles. The molecule has 0 saturated carbocycles. The van der Waals surface area contributed by atoms with E-state index in [0.717, 1.165) is 33.8 Å². The Kier molecular flexibility index (Phi) is 7.16. The third-order valence-corrected chi connectivity index (χ3v) is 6.67. The molecule has 4 rings (SSSR count). The Balaban J connectivity index is 1.76. The molecule has 0 spiro atoms. The average Bonchev–Trinajstić information content (AvgIpc) is 3.44. The first-order chi connectivity index (χ1) is 16.9. The molecule has 0 unspecified atom stereocenters. The van der Waals surface area contributed by atoms with E-state index in [9.17, 15) is 9.90 Å². The molecule has 182 valence electrons. The third-order valence-electron chi connectivity index (χ3n) is 5.67. The molecule has 0 saturated heterocycles. The van der Waals surface area contributed by atoms with Gasteiger partial charge in [-0.1, -0.05) is 18.2 Å². The van der Waals surface area contributed by atoms with Crippen LogP contribution in [0.3, 0.4) is 0 Å². The molecule has 0 bridgehead atoms. The maximum atomic E-state index is 12.2. The van der Waals surface area contributed by atoms with Gasteiger partial charge in [-0.2, -0.15) is 0 Å². The van der Waals surface area contributed by atoms with Gasteiger partial charge >= 0.3 is 5.97 Å². The Morgan fingerprint density at radius 3 is 2.40 bits per heavy atom. The maximum Gasteiger partial charge on any atom is 0.342 e. The Morgan fingerprint density at radius 2 is 1.80 bits per heavy atom. The second-order valence-electron chi connectivity index (χ2n) is 8.17. The first-order valence-electron chi connectivity index (χ1n) is 11.2. The zero-order chi connectivity index (χ0) is 25.1. The summed E-state index contributed by atoms with van der Waals surface area (Å²) in [6, 6.07) is 13.7. The number of aliphatic carboxylic acids is 1. The van der Waals surface area contributed by atoms with Gasteiger partial charge in [-0.25, -0.2) is 4.79 Å². The van der Waals surface area contributed by atoms with Gasteiger partial charge in [-0.3, -0.25) is 0 Å². The number of thioether (sulfide) groups is 1.